The van der Waals surface area contributed by atoms with Crippen molar-refractivity contribution >= 4 is 0 Å². The molecule has 0 aromatic rings. The van der Waals surface area contributed by atoms with E-state index in [1.807, 2.05) is 0 Å². The third kappa shape index (κ3) is 4.43. The van der Waals surface area contributed by atoms with Crippen molar-refractivity contribution in [2.45, 2.75) is 65.6 Å². The molecular weight excluding hydrogens is 174 g/mol. The first kappa shape index (κ1) is 13.9. The van der Waals surface area contributed by atoms with E-state index in [0.717, 1.165) is 12.8 Å². The molecular formula is C12H27NO. The molecule has 0 aromatic heterocycles. The molecule has 0 radical (unpaired) electrons. The maximum atomic E-state index is 5.98. The van der Waals surface area contributed by atoms with Gasteiger partial charge in [0, 0.05) is 6.54 Å². The Morgan fingerprint density at radius 2 is 1.79 bits per heavy atom. The average molecular weight is 201 g/mol. The van der Waals surface area contributed by atoms with Gasteiger partial charge in [-0.15, -0.1) is 0 Å². The highest BCUT2D eigenvalue weighted by Crippen LogP contribution is 2.27. The van der Waals surface area contributed by atoms with E-state index in [1.165, 1.54) is 6.42 Å². The van der Waals surface area contributed by atoms with Crippen molar-refractivity contribution < 1.29 is 4.74 Å². The van der Waals surface area contributed by atoms with Crippen LogP contribution in [0.3, 0.4) is 0 Å². The molecule has 0 saturated carbocycles. The highest BCUT2D eigenvalue weighted by atomic mass is 16.5. The van der Waals surface area contributed by atoms with E-state index < -0.39 is 0 Å². The summed E-state index contributed by atoms with van der Waals surface area (Å²) in [4.78, 5) is 0. The zero-order valence-electron chi connectivity index (χ0n) is 10.5. The normalized spacial score (nSPS) is 18.2. The van der Waals surface area contributed by atoms with Crippen molar-refractivity contribution in [3.05, 3.63) is 0 Å². The van der Waals surface area contributed by atoms with Crippen molar-refractivity contribution in [2.75, 3.05) is 6.54 Å². The van der Waals surface area contributed by atoms with Crippen LogP contribution < -0.4 is 5.73 Å². The smallest absolute Gasteiger partial charge is 0.0807 e. The van der Waals surface area contributed by atoms with E-state index in [-0.39, 0.29) is 11.7 Å². The van der Waals surface area contributed by atoms with E-state index in [4.69, 9.17) is 10.5 Å². The van der Waals surface area contributed by atoms with E-state index in [9.17, 15) is 0 Å². The van der Waals surface area contributed by atoms with Gasteiger partial charge in [-0.2, -0.15) is 0 Å². The minimum Gasteiger partial charge on any atom is -0.371 e. The topological polar surface area (TPSA) is 35.2 Å². The number of hydrogen-bond acceptors (Lipinski definition) is 2. The van der Waals surface area contributed by atoms with Gasteiger partial charge >= 0.3 is 0 Å². The fourth-order valence-electron chi connectivity index (χ4n) is 1.83. The highest BCUT2D eigenvalue weighted by molar-refractivity contribution is 4.83. The van der Waals surface area contributed by atoms with Gasteiger partial charge in [0.05, 0.1) is 11.7 Å². The lowest BCUT2D eigenvalue weighted by atomic mass is 9.87. The molecule has 0 heterocycles. The number of ether oxygens (including phenoxy) is 1. The quantitative estimate of drug-likeness (QED) is 0.687. The van der Waals surface area contributed by atoms with Gasteiger partial charge in [-0.25, -0.2) is 0 Å². The minimum absolute atomic E-state index is 0.0937. The molecule has 0 bridgehead atoms. The zero-order chi connectivity index (χ0) is 11.2. The summed E-state index contributed by atoms with van der Waals surface area (Å²) < 4.78 is 5.98. The molecule has 2 N–H and O–H groups in total. The van der Waals surface area contributed by atoms with Gasteiger partial charge in [0.2, 0.25) is 0 Å². The molecule has 0 aliphatic heterocycles. The van der Waals surface area contributed by atoms with Gasteiger partial charge in [0.25, 0.3) is 0 Å². The van der Waals surface area contributed by atoms with Gasteiger partial charge in [0.15, 0.2) is 0 Å². The van der Waals surface area contributed by atoms with Crippen LogP contribution in [0.5, 0.6) is 0 Å². The predicted octanol–water partition coefficient (Wildman–Crippen LogP) is 2.96. The second kappa shape index (κ2) is 6.41. The first-order chi connectivity index (χ1) is 6.49. The van der Waals surface area contributed by atoms with Crippen molar-refractivity contribution in [2.24, 2.45) is 11.7 Å². The molecule has 0 amide bonds. The SMILES string of the molecule is CCC(C)CC(CC)(CN)OC(C)C. The predicted molar refractivity (Wildman–Crippen MR) is 62.4 cm³/mol. The first-order valence-electron chi connectivity index (χ1n) is 5.87. The number of nitrogens with two attached hydrogens (primary N) is 1. The molecule has 0 rings (SSSR count). The van der Waals surface area contributed by atoms with Crippen LogP contribution in [-0.2, 0) is 4.74 Å². The Balaban J connectivity index is 4.36. The zero-order valence-corrected chi connectivity index (χ0v) is 10.5. The molecule has 2 atom stereocenters. The van der Waals surface area contributed by atoms with Crippen molar-refractivity contribution in [3.8, 4) is 0 Å². The Morgan fingerprint density at radius 3 is 2.07 bits per heavy atom. The molecule has 0 aliphatic carbocycles. The van der Waals surface area contributed by atoms with Gasteiger partial charge in [-0.3, -0.25) is 0 Å². The molecule has 0 aromatic carbocycles. The maximum absolute atomic E-state index is 5.98. The minimum atomic E-state index is -0.0937. The van der Waals surface area contributed by atoms with E-state index in [2.05, 4.69) is 34.6 Å². The molecule has 0 saturated heterocycles. The molecule has 2 nitrogen and oxygen atoms in total. The van der Waals surface area contributed by atoms with Crippen LogP contribution in [-0.4, -0.2) is 18.2 Å². The molecule has 14 heavy (non-hydrogen) atoms. The lowest BCUT2D eigenvalue weighted by molar-refractivity contribution is -0.0889. The molecule has 0 fully saturated rings. The van der Waals surface area contributed by atoms with Crippen molar-refractivity contribution in [3.63, 3.8) is 0 Å². The van der Waals surface area contributed by atoms with Crippen LogP contribution >= 0.6 is 0 Å². The highest BCUT2D eigenvalue weighted by Gasteiger charge is 2.30. The van der Waals surface area contributed by atoms with E-state index in [0.29, 0.717) is 12.5 Å². The lowest BCUT2D eigenvalue weighted by Crippen LogP contribution is -2.43. The fraction of sp³-hybridized carbons (Fsp3) is 1.00. The van der Waals surface area contributed by atoms with Crippen molar-refractivity contribution in [1.82, 2.24) is 0 Å². The van der Waals surface area contributed by atoms with E-state index in [1.54, 1.807) is 0 Å². The molecule has 0 spiro atoms. The third-order valence-corrected chi connectivity index (χ3v) is 2.92. The number of rotatable bonds is 7. The average Bonchev–Trinajstić information content (AvgIpc) is 2.15. The standard InChI is InChI=1S/C12H27NO/c1-6-11(5)8-12(7-2,9-13)14-10(3)4/h10-11H,6-9,13H2,1-5H3. The number of hydrogen-bond donors (Lipinski definition) is 1. The van der Waals surface area contributed by atoms with Crippen LogP contribution in [0.15, 0.2) is 0 Å². The third-order valence-electron chi connectivity index (χ3n) is 2.92. The summed E-state index contributed by atoms with van der Waals surface area (Å²) in [5.74, 6) is 0.692. The monoisotopic (exact) mass is 201 g/mol. The van der Waals surface area contributed by atoms with Crippen LogP contribution in [0.4, 0.5) is 0 Å². The Kier molecular flexibility index (Phi) is 6.38. The molecule has 2 unspecified atom stereocenters. The maximum Gasteiger partial charge on any atom is 0.0807 e. The van der Waals surface area contributed by atoms with Gasteiger partial charge in [-0.05, 0) is 32.6 Å². The Morgan fingerprint density at radius 1 is 1.21 bits per heavy atom. The summed E-state index contributed by atoms with van der Waals surface area (Å²) in [6.07, 6.45) is 3.55. The fourth-order valence-corrected chi connectivity index (χ4v) is 1.83. The molecule has 0 aliphatic rings. The second-order valence-electron chi connectivity index (χ2n) is 4.62. The first-order valence-corrected chi connectivity index (χ1v) is 5.87. The van der Waals surface area contributed by atoms with Crippen LogP contribution in [0.2, 0.25) is 0 Å². The van der Waals surface area contributed by atoms with Gasteiger partial charge in [-0.1, -0.05) is 27.2 Å². The summed E-state index contributed by atoms with van der Waals surface area (Å²) in [6, 6.07) is 0. The summed E-state index contributed by atoms with van der Waals surface area (Å²) in [6.45, 7) is 11.4. The largest absolute Gasteiger partial charge is 0.371 e. The summed E-state index contributed by atoms with van der Waals surface area (Å²) >= 11 is 0. The Hall–Kier alpha value is -0.0800. The molecule has 86 valence electrons. The van der Waals surface area contributed by atoms with Crippen LogP contribution in [0.25, 0.3) is 0 Å². The summed E-state index contributed by atoms with van der Waals surface area (Å²) in [7, 11) is 0. The Labute approximate surface area is 89.2 Å². The van der Waals surface area contributed by atoms with Crippen LogP contribution in [0.1, 0.15) is 53.9 Å². The second-order valence-corrected chi connectivity index (χ2v) is 4.62. The summed E-state index contributed by atoms with van der Waals surface area (Å²) in [5.41, 5.74) is 5.75. The van der Waals surface area contributed by atoms with Crippen LogP contribution in [0, 0.1) is 5.92 Å². The Bertz CT molecular complexity index is 141. The van der Waals surface area contributed by atoms with Crippen molar-refractivity contribution in [1.29, 1.82) is 0 Å². The lowest BCUT2D eigenvalue weighted by Gasteiger charge is -2.35. The van der Waals surface area contributed by atoms with Gasteiger partial charge < -0.3 is 10.5 Å². The van der Waals surface area contributed by atoms with E-state index >= 15 is 0 Å². The van der Waals surface area contributed by atoms with Gasteiger partial charge in [0.1, 0.15) is 0 Å². The molecule has 2 heteroatoms. The summed E-state index contributed by atoms with van der Waals surface area (Å²) in [5, 5.41) is 0.